The van der Waals surface area contributed by atoms with Crippen molar-refractivity contribution in [1.29, 1.82) is 5.26 Å². The monoisotopic (exact) mass is 612 g/mol. The Kier molecular flexibility index (Phi) is 6.55. The minimum absolute atomic E-state index is 0.0542. The lowest BCUT2D eigenvalue weighted by atomic mass is 10.0. The second-order valence-electron chi connectivity index (χ2n) is 11.3. The topological polar surface area (TPSA) is 146 Å². The van der Waals surface area contributed by atoms with Crippen LogP contribution in [-0.4, -0.2) is 62.4 Å². The van der Waals surface area contributed by atoms with E-state index >= 15 is 0 Å². The smallest absolute Gasteiger partial charge is 0.360 e. The van der Waals surface area contributed by atoms with Crippen molar-refractivity contribution < 1.29 is 37.2 Å². The van der Waals surface area contributed by atoms with Gasteiger partial charge in [0.15, 0.2) is 0 Å². The van der Waals surface area contributed by atoms with E-state index < -0.39 is 24.1 Å². The number of amides is 3. The number of carbonyl (C=O) groups excluding carboxylic acids is 4. The van der Waals surface area contributed by atoms with Crippen molar-refractivity contribution in [3.8, 4) is 17.2 Å². The number of anilines is 1. The number of pyridine rings is 2. The summed E-state index contributed by atoms with van der Waals surface area (Å²) in [6.07, 6.45) is -3.53. The summed E-state index contributed by atoms with van der Waals surface area (Å²) >= 11 is 1.31. The Morgan fingerprint density at radius 1 is 1.21 bits per heavy atom. The molecule has 3 unspecified atom stereocenters. The summed E-state index contributed by atoms with van der Waals surface area (Å²) < 4.78 is 38.7. The number of thiophene rings is 1. The van der Waals surface area contributed by atoms with Gasteiger partial charge in [0, 0.05) is 28.7 Å². The predicted molar refractivity (Wildman–Crippen MR) is 145 cm³/mol. The van der Waals surface area contributed by atoms with Crippen molar-refractivity contribution >= 4 is 50.9 Å². The van der Waals surface area contributed by atoms with Gasteiger partial charge in [-0.25, -0.2) is 9.78 Å². The van der Waals surface area contributed by atoms with Crippen LogP contribution in [0, 0.1) is 35.5 Å². The van der Waals surface area contributed by atoms with Gasteiger partial charge in [-0.05, 0) is 37.0 Å². The Balaban J connectivity index is 1.30. The van der Waals surface area contributed by atoms with E-state index in [1.54, 1.807) is 19.1 Å². The average Bonchev–Trinajstić information content (AvgIpc) is 3.16. The molecule has 222 valence electrons. The molecule has 0 radical (unpaired) electrons. The number of halogens is 3. The summed E-state index contributed by atoms with van der Waals surface area (Å²) in [5.41, 5.74) is 1.78. The van der Waals surface area contributed by atoms with E-state index in [2.05, 4.69) is 20.1 Å². The SMILES string of the molecule is Cc1nc(C#N)cc(-c2ccnc3cc(CN4C(=O)C5C(C4=O)C5(C)C)sc23)c1NC(=O)C1CCN1OC(=O)C(F)(F)F. The van der Waals surface area contributed by atoms with Gasteiger partial charge in [0.05, 0.1) is 40.0 Å². The third kappa shape index (κ3) is 4.70. The van der Waals surface area contributed by atoms with Crippen molar-refractivity contribution in [1.82, 2.24) is 19.9 Å². The number of nitrogens with zero attached hydrogens (tertiary/aromatic N) is 5. The van der Waals surface area contributed by atoms with Crippen LogP contribution in [0.25, 0.3) is 21.3 Å². The lowest BCUT2D eigenvalue weighted by Crippen LogP contribution is -2.55. The standard InChI is InChI=1S/C28H23F3N6O5S/c1-12-21(35-23(38)18-5-7-37(18)42-26(41)28(29,30)31)16(8-13(10-32)34-12)15-4-6-33-17-9-14(43-22(15)17)11-36-24(39)19-20(25(36)40)27(19,2)3/h4,6,8-9,18-20H,5,7,11H2,1-3H3,(H,35,38). The lowest BCUT2D eigenvalue weighted by molar-refractivity contribution is -0.260. The summed E-state index contributed by atoms with van der Waals surface area (Å²) in [6.45, 7) is 5.42. The van der Waals surface area contributed by atoms with Gasteiger partial charge in [-0.1, -0.05) is 13.8 Å². The molecule has 5 heterocycles. The molecule has 3 aromatic heterocycles. The first-order valence-electron chi connectivity index (χ1n) is 13.2. The lowest BCUT2D eigenvalue weighted by Gasteiger charge is -2.37. The second-order valence-corrected chi connectivity index (χ2v) is 12.4. The molecule has 1 aliphatic carbocycles. The number of imide groups is 1. The number of nitriles is 1. The molecule has 2 saturated heterocycles. The van der Waals surface area contributed by atoms with Crippen LogP contribution in [0.5, 0.6) is 0 Å². The Morgan fingerprint density at radius 2 is 1.91 bits per heavy atom. The van der Waals surface area contributed by atoms with Gasteiger partial charge in [-0.15, -0.1) is 16.4 Å². The number of aryl methyl sites for hydroxylation is 1. The highest BCUT2D eigenvalue weighted by Gasteiger charge is 2.72. The van der Waals surface area contributed by atoms with Crippen molar-refractivity contribution in [3.63, 3.8) is 0 Å². The van der Waals surface area contributed by atoms with Crippen LogP contribution in [0.3, 0.4) is 0 Å². The van der Waals surface area contributed by atoms with Crippen LogP contribution in [0.1, 0.15) is 36.5 Å². The quantitative estimate of drug-likeness (QED) is 0.412. The van der Waals surface area contributed by atoms with Crippen LogP contribution in [0.4, 0.5) is 18.9 Å². The van der Waals surface area contributed by atoms with Gasteiger partial charge in [-0.2, -0.15) is 18.4 Å². The maximum absolute atomic E-state index is 13.1. The highest BCUT2D eigenvalue weighted by atomic mass is 32.1. The largest absolute Gasteiger partial charge is 0.492 e. The molecule has 6 rings (SSSR count). The number of alkyl halides is 3. The van der Waals surface area contributed by atoms with Crippen LogP contribution >= 0.6 is 11.3 Å². The fraction of sp³-hybridized carbons (Fsp3) is 0.393. The van der Waals surface area contributed by atoms with Crippen molar-refractivity contribution in [2.24, 2.45) is 17.3 Å². The molecule has 43 heavy (non-hydrogen) atoms. The van der Waals surface area contributed by atoms with E-state index in [4.69, 9.17) is 0 Å². The highest BCUT2D eigenvalue weighted by molar-refractivity contribution is 7.19. The Morgan fingerprint density at radius 3 is 2.51 bits per heavy atom. The van der Waals surface area contributed by atoms with E-state index in [-0.39, 0.29) is 65.7 Å². The highest BCUT2D eigenvalue weighted by Crippen LogP contribution is 2.63. The zero-order chi connectivity index (χ0) is 31.0. The summed E-state index contributed by atoms with van der Waals surface area (Å²) in [6, 6.07) is 5.75. The molecule has 0 spiro atoms. The molecular formula is C28H23F3N6O5S. The van der Waals surface area contributed by atoms with Gasteiger partial charge in [0.2, 0.25) is 17.7 Å². The number of hydrogen-bond donors (Lipinski definition) is 1. The summed E-state index contributed by atoms with van der Waals surface area (Å²) in [5.74, 6) is -4.13. The molecule has 1 N–H and O–H groups in total. The number of fused-ring (bicyclic) bond motifs is 2. The summed E-state index contributed by atoms with van der Waals surface area (Å²) in [7, 11) is 0. The van der Waals surface area contributed by atoms with Crippen molar-refractivity contribution in [2.45, 2.75) is 46.0 Å². The molecule has 15 heteroatoms. The fourth-order valence-electron chi connectivity index (χ4n) is 5.79. The first kappa shape index (κ1) is 28.7. The zero-order valence-electron chi connectivity index (χ0n) is 23.0. The van der Waals surface area contributed by atoms with Crippen LogP contribution in [-0.2, 0) is 30.6 Å². The van der Waals surface area contributed by atoms with Crippen LogP contribution < -0.4 is 5.32 Å². The fourth-order valence-corrected chi connectivity index (χ4v) is 6.92. The van der Waals surface area contributed by atoms with E-state index in [0.717, 1.165) is 0 Å². The number of hydroxylamine groups is 2. The van der Waals surface area contributed by atoms with E-state index in [9.17, 15) is 37.6 Å². The van der Waals surface area contributed by atoms with Gasteiger partial charge in [0.25, 0.3) is 0 Å². The molecule has 3 aliphatic rings. The number of likely N-dealkylation sites (tertiary alicyclic amines) is 1. The molecule has 0 aromatic carbocycles. The van der Waals surface area contributed by atoms with E-state index in [0.29, 0.717) is 31.3 Å². The second kappa shape index (κ2) is 9.81. The molecular weight excluding hydrogens is 589 g/mol. The number of aromatic nitrogens is 2. The molecule has 1 saturated carbocycles. The molecule has 0 bridgehead atoms. The molecule has 2 aliphatic heterocycles. The van der Waals surface area contributed by atoms with Crippen molar-refractivity contribution in [2.75, 3.05) is 11.9 Å². The maximum Gasteiger partial charge on any atom is 0.492 e. The number of carbonyl (C=O) groups is 4. The molecule has 3 fully saturated rings. The third-order valence-corrected chi connectivity index (χ3v) is 9.37. The van der Waals surface area contributed by atoms with E-state index in [1.807, 2.05) is 19.9 Å². The minimum atomic E-state index is -5.21. The predicted octanol–water partition coefficient (Wildman–Crippen LogP) is 3.71. The van der Waals surface area contributed by atoms with E-state index in [1.165, 1.54) is 28.5 Å². The number of nitrogens with one attached hydrogen (secondary N) is 1. The van der Waals surface area contributed by atoms with Gasteiger partial charge in [-0.3, -0.25) is 24.3 Å². The van der Waals surface area contributed by atoms with Crippen LogP contribution in [0.2, 0.25) is 0 Å². The Bertz CT molecular complexity index is 1760. The molecule has 11 nitrogen and oxygen atoms in total. The maximum atomic E-state index is 13.1. The molecule has 3 aromatic rings. The third-order valence-electron chi connectivity index (χ3n) is 8.23. The van der Waals surface area contributed by atoms with Gasteiger partial charge < -0.3 is 10.2 Å². The minimum Gasteiger partial charge on any atom is -0.360 e. The van der Waals surface area contributed by atoms with Gasteiger partial charge >= 0.3 is 12.1 Å². The van der Waals surface area contributed by atoms with Crippen LogP contribution in [0.15, 0.2) is 24.4 Å². The molecule has 3 amide bonds. The molecule has 3 atom stereocenters. The number of piperidine rings is 1. The first-order chi connectivity index (χ1) is 20.2. The Hall–Kier alpha value is -4.42. The first-order valence-corrected chi connectivity index (χ1v) is 14.1. The van der Waals surface area contributed by atoms with Crippen molar-refractivity contribution in [3.05, 3.63) is 40.7 Å². The normalized spacial score (nSPS) is 22.6. The van der Waals surface area contributed by atoms with Gasteiger partial charge in [0.1, 0.15) is 17.8 Å². The zero-order valence-corrected chi connectivity index (χ0v) is 23.8. The summed E-state index contributed by atoms with van der Waals surface area (Å²) in [5, 5.41) is 12.9. The number of rotatable bonds is 6. The summed E-state index contributed by atoms with van der Waals surface area (Å²) in [4.78, 5) is 65.1. The number of hydrogen-bond acceptors (Lipinski definition) is 10. The average molecular weight is 613 g/mol. The Labute approximate surface area is 246 Å².